The van der Waals surface area contributed by atoms with Crippen LogP contribution in [0.2, 0.25) is 0 Å². The van der Waals surface area contributed by atoms with E-state index >= 15 is 0 Å². The highest BCUT2D eigenvalue weighted by Gasteiger charge is 2.26. The van der Waals surface area contributed by atoms with E-state index in [4.69, 9.17) is 0 Å². The Labute approximate surface area is 163 Å². The Kier molecular flexibility index (Phi) is 5.49. The second kappa shape index (κ2) is 7.70. The monoisotopic (exact) mass is 386 g/mol. The van der Waals surface area contributed by atoms with Crippen LogP contribution in [0.25, 0.3) is 0 Å². The second-order valence-electron chi connectivity index (χ2n) is 8.04. The van der Waals surface area contributed by atoms with Gasteiger partial charge >= 0.3 is 0 Å². The molecule has 0 bridgehead atoms. The average molecular weight is 386 g/mol. The van der Waals surface area contributed by atoms with Gasteiger partial charge in [-0.25, -0.2) is 8.78 Å². The van der Waals surface area contributed by atoms with Crippen LogP contribution in [0.4, 0.5) is 8.78 Å². The van der Waals surface area contributed by atoms with Crippen LogP contribution in [0.5, 0.6) is 0 Å². The smallest absolute Gasteiger partial charge is 0.254 e. The lowest BCUT2D eigenvalue weighted by Gasteiger charge is -2.35. The fourth-order valence-electron chi connectivity index (χ4n) is 3.22. The van der Waals surface area contributed by atoms with E-state index in [9.17, 15) is 18.4 Å². The molecule has 2 amide bonds. The summed E-state index contributed by atoms with van der Waals surface area (Å²) in [6, 6.07) is 10.7. The summed E-state index contributed by atoms with van der Waals surface area (Å²) in [6.45, 7) is 7.85. The maximum absolute atomic E-state index is 13.4. The summed E-state index contributed by atoms with van der Waals surface area (Å²) in [5.41, 5.74) is 1.91. The standard InChI is InChI=1S/C22H24F2N2O2/c1-22(2,3)17-7-4-15(5-8-17)20(27)25-10-12-26(13-11-25)21(28)16-6-9-18(23)19(24)14-16/h4-9,14H,10-13H2,1-3H3. The molecule has 0 atom stereocenters. The number of carbonyl (C=O) groups excluding carboxylic acids is 2. The van der Waals surface area contributed by atoms with E-state index in [-0.39, 0.29) is 22.8 Å². The molecule has 0 N–H and O–H groups in total. The van der Waals surface area contributed by atoms with E-state index < -0.39 is 11.6 Å². The summed E-state index contributed by atoms with van der Waals surface area (Å²) in [6.07, 6.45) is 0. The SMILES string of the molecule is CC(C)(C)c1ccc(C(=O)N2CCN(C(=O)c3ccc(F)c(F)c3)CC2)cc1. The maximum Gasteiger partial charge on any atom is 0.254 e. The molecule has 1 aliphatic heterocycles. The van der Waals surface area contributed by atoms with Gasteiger partial charge < -0.3 is 9.80 Å². The highest BCUT2D eigenvalue weighted by Crippen LogP contribution is 2.23. The van der Waals surface area contributed by atoms with Gasteiger partial charge in [-0.05, 0) is 41.3 Å². The zero-order valence-electron chi connectivity index (χ0n) is 16.3. The summed E-state index contributed by atoms with van der Waals surface area (Å²) in [5, 5.41) is 0. The summed E-state index contributed by atoms with van der Waals surface area (Å²) >= 11 is 0. The van der Waals surface area contributed by atoms with Crippen LogP contribution < -0.4 is 0 Å². The van der Waals surface area contributed by atoms with Gasteiger partial charge in [-0.2, -0.15) is 0 Å². The molecule has 6 heteroatoms. The Bertz CT molecular complexity index is 880. The summed E-state index contributed by atoms with van der Waals surface area (Å²) < 4.78 is 26.4. The topological polar surface area (TPSA) is 40.6 Å². The summed E-state index contributed by atoms with van der Waals surface area (Å²) in [5.74, 6) is -2.45. The van der Waals surface area contributed by atoms with E-state index in [0.29, 0.717) is 31.7 Å². The van der Waals surface area contributed by atoms with Gasteiger partial charge in [-0.3, -0.25) is 9.59 Å². The molecule has 0 aliphatic carbocycles. The first kappa shape index (κ1) is 20.0. The minimum Gasteiger partial charge on any atom is -0.335 e. The first-order valence-electron chi connectivity index (χ1n) is 9.31. The molecule has 1 fully saturated rings. The first-order chi connectivity index (χ1) is 13.2. The highest BCUT2D eigenvalue weighted by molar-refractivity contribution is 5.96. The van der Waals surface area contributed by atoms with Crippen molar-refractivity contribution < 1.29 is 18.4 Å². The van der Waals surface area contributed by atoms with Gasteiger partial charge in [0, 0.05) is 37.3 Å². The number of halogens is 2. The van der Waals surface area contributed by atoms with Crippen molar-refractivity contribution in [3.63, 3.8) is 0 Å². The van der Waals surface area contributed by atoms with Crippen molar-refractivity contribution in [3.8, 4) is 0 Å². The van der Waals surface area contributed by atoms with E-state index in [0.717, 1.165) is 17.7 Å². The highest BCUT2D eigenvalue weighted by atomic mass is 19.2. The molecule has 0 spiro atoms. The quantitative estimate of drug-likeness (QED) is 0.786. The maximum atomic E-state index is 13.4. The van der Waals surface area contributed by atoms with E-state index in [2.05, 4.69) is 20.8 Å². The molecule has 4 nitrogen and oxygen atoms in total. The fourth-order valence-corrected chi connectivity index (χ4v) is 3.22. The Hall–Kier alpha value is -2.76. The Morgan fingerprint density at radius 3 is 1.68 bits per heavy atom. The zero-order valence-corrected chi connectivity index (χ0v) is 16.3. The molecule has 2 aromatic carbocycles. The van der Waals surface area contributed by atoms with Gasteiger partial charge in [-0.1, -0.05) is 32.9 Å². The number of nitrogens with zero attached hydrogens (tertiary/aromatic N) is 2. The fraction of sp³-hybridized carbons (Fsp3) is 0.364. The van der Waals surface area contributed by atoms with Crippen LogP contribution >= 0.6 is 0 Å². The van der Waals surface area contributed by atoms with E-state index in [1.165, 1.54) is 6.07 Å². The normalized spacial score (nSPS) is 14.9. The van der Waals surface area contributed by atoms with Crippen molar-refractivity contribution >= 4 is 11.8 Å². The number of hydrogen-bond acceptors (Lipinski definition) is 2. The summed E-state index contributed by atoms with van der Waals surface area (Å²) in [7, 11) is 0. The molecular formula is C22H24F2N2O2. The minimum absolute atomic E-state index is 0.0212. The molecule has 148 valence electrons. The molecule has 0 saturated carbocycles. The third-order valence-electron chi connectivity index (χ3n) is 5.02. The number of carbonyl (C=O) groups is 2. The van der Waals surface area contributed by atoms with E-state index in [1.54, 1.807) is 9.80 Å². The van der Waals surface area contributed by atoms with Crippen molar-refractivity contribution in [3.05, 3.63) is 70.8 Å². The molecule has 1 aliphatic rings. The van der Waals surface area contributed by atoms with Crippen LogP contribution in [0.15, 0.2) is 42.5 Å². The lowest BCUT2D eigenvalue weighted by molar-refractivity contribution is 0.0535. The molecule has 0 unspecified atom stereocenters. The number of amides is 2. The van der Waals surface area contributed by atoms with Crippen LogP contribution in [0.3, 0.4) is 0 Å². The third kappa shape index (κ3) is 4.21. The lowest BCUT2D eigenvalue weighted by atomic mass is 9.86. The molecule has 0 aromatic heterocycles. The van der Waals surface area contributed by atoms with Gasteiger partial charge in [0.2, 0.25) is 0 Å². The largest absolute Gasteiger partial charge is 0.335 e. The van der Waals surface area contributed by atoms with Gasteiger partial charge in [0.1, 0.15) is 0 Å². The van der Waals surface area contributed by atoms with Crippen LogP contribution in [-0.2, 0) is 5.41 Å². The molecule has 2 aromatic rings. The number of hydrogen-bond donors (Lipinski definition) is 0. The zero-order chi connectivity index (χ0) is 20.5. The van der Waals surface area contributed by atoms with Gasteiger partial charge in [0.15, 0.2) is 11.6 Å². The Morgan fingerprint density at radius 1 is 0.750 bits per heavy atom. The minimum atomic E-state index is -1.04. The summed E-state index contributed by atoms with van der Waals surface area (Å²) in [4.78, 5) is 28.5. The predicted octanol–water partition coefficient (Wildman–Crippen LogP) is 3.86. The van der Waals surface area contributed by atoms with Crippen molar-refractivity contribution in [1.29, 1.82) is 0 Å². The van der Waals surface area contributed by atoms with Crippen molar-refractivity contribution in [2.75, 3.05) is 26.2 Å². The van der Waals surface area contributed by atoms with Gasteiger partial charge in [-0.15, -0.1) is 0 Å². The molecule has 3 rings (SSSR count). The molecule has 28 heavy (non-hydrogen) atoms. The first-order valence-corrected chi connectivity index (χ1v) is 9.31. The van der Waals surface area contributed by atoms with Crippen molar-refractivity contribution in [2.24, 2.45) is 0 Å². The molecule has 0 radical (unpaired) electrons. The second-order valence-corrected chi connectivity index (χ2v) is 8.04. The lowest BCUT2D eigenvalue weighted by Crippen LogP contribution is -2.50. The van der Waals surface area contributed by atoms with Crippen LogP contribution in [0.1, 0.15) is 47.1 Å². The van der Waals surface area contributed by atoms with Crippen LogP contribution in [0, 0.1) is 11.6 Å². The van der Waals surface area contributed by atoms with Gasteiger partial charge in [0.25, 0.3) is 11.8 Å². The van der Waals surface area contributed by atoms with Gasteiger partial charge in [0.05, 0.1) is 0 Å². The number of piperazine rings is 1. The number of benzene rings is 2. The predicted molar refractivity (Wildman–Crippen MR) is 103 cm³/mol. The molecule has 1 heterocycles. The average Bonchev–Trinajstić information content (AvgIpc) is 2.68. The van der Waals surface area contributed by atoms with Crippen molar-refractivity contribution in [1.82, 2.24) is 9.80 Å². The molecule has 1 saturated heterocycles. The molecular weight excluding hydrogens is 362 g/mol. The third-order valence-corrected chi connectivity index (χ3v) is 5.02. The van der Waals surface area contributed by atoms with Crippen LogP contribution in [-0.4, -0.2) is 47.8 Å². The Morgan fingerprint density at radius 2 is 1.21 bits per heavy atom. The van der Waals surface area contributed by atoms with E-state index in [1.807, 2.05) is 24.3 Å². The Balaban J connectivity index is 1.62. The number of rotatable bonds is 2. The van der Waals surface area contributed by atoms with Crippen molar-refractivity contribution in [2.45, 2.75) is 26.2 Å².